The van der Waals surface area contributed by atoms with Gasteiger partial charge in [0, 0.05) is 24.3 Å². The molecule has 1 aromatic carbocycles. The van der Waals surface area contributed by atoms with Crippen molar-refractivity contribution < 1.29 is 32.0 Å². The molecule has 1 saturated carbocycles. The SMILES string of the molecule is CC(=O)c1nn(CC(=O)N2C[C@H](F)C[C@H]2C(=O)Nc2cccc(Br)n2)c2cc(C(=O)NS(=O)(=O)C3CC3)ccc12. The van der Waals surface area contributed by atoms with Crippen molar-refractivity contribution in [3.05, 3.63) is 52.3 Å². The van der Waals surface area contributed by atoms with Gasteiger partial charge in [-0.1, -0.05) is 6.07 Å². The molecule has 0 unspecified atom stereocenters. The Kier molecular flexibility index (Phi) is 7.44. The fourth-order valence-corrected chi connectivity index (χ4v) is 6.20. The zero-order valence-electron chi connectivity index (χ0n) is 21.1. The van der Waals surface area contributed by atoms with E-state index in [9.17, 15) is 32.0 Å². The zero-order valence-corrected chi connectivity index (χ0v) is 23.5. The van der Waals surface area contributed by atoms with Crippen LogP contribution in [0.2, 0.25) is 0 Å². The maximum absolute atomic E-state index is 14.4. The lowest BCUT2D eigenvalue weighted by atomic mass is 10.1. The molecule has 2 aromatic heterocycles. The number of benzene rings is 1. The number of aromatic nitrogens is 3. The third-order valence-electron chi connectivity index (χ3n) is 6.67. The van der Waals surface area contributed by atoms with Gasteiger partial charge in [-0.05, 0) is 59.1 Å². The number of halogens is 2. The molecule has 12 nitrogen and oxygen atoms in total. The summed E-state index contributed by atoms with van der Waals surface area (Å²) in [4.78, 5) is 56.5. The van der Waals surface area contributed by atoms with Crippen LogP contribution in [0.1, 0.15) is 47.0 Å². The van der Waals surface area contributed by atoms with Gasteiger partial charge in [0.05, 0.1) is 17.3 Å². The number of anilines is 1. The Morgan fingerprint density at radius 3 is 2.58 bits per heavy atom. The topological polar surface area (TPSA) is 160 Å². The fourth-order valence-electron chi connectivity index (χ4n) is 4.56. The van der Waals surface area contributed by atoms with E-state index in [1.54, 1.807) is 18.2 Å². The van der Waals surface area contributed by atoms with Crippen LogP contribution in [-0.4, -0.2) is 75.6 Å². The first kappa shape index (κ1) is 27.8. The first-order chi connectivity index (χ1) is 18.9. The number of pyridine rings is 1. The van der Waals surface area contributed by atoms with E-state index in [4.69, 9.17) is 0 Å². The van der Waals surface area contributed by atoms with E-state index in [1.165, 1.54) is 29.8 Å². The molecule has 3 aromatic rings. The predicted octanol–water partition coefficient (Wildman–Crippen LogP) is 2.20. The number of nitrogens with one attached hydrogen (secondary N) is 2. The van der Waals surface area contributed by atoms with Crippen LogP contribution in [0.3, 0.4) is 0 Å². The summed E-state index contributed by atoms with van der Waals surface area (Å²) in [6.07, 6.45) is -0.675. The van der Waals surface area contributed by atoms with E-state index in [0.29, 0.717) is 22.8 Å². The van der Waals surface area contributed by atoms with Crippen molar-refractivity contribution in [2.75, 3.05) is 11.9 Å². The van der Waals surface area contributed by atoms with Crippen LogP contribution in [0.15, 0.2) is 41.0 Å². The molecule has 0 spiro atoms. The number of sulfonamides is 1. The summed E-state index contributed by atoms with van der Waals surface area (Å²) in [6.45, 7) is 0.524. The number of likely N-dealkylation sites (tertiary alicyclic amines) is 1. The Balaban J connectivity index is 1.40. The summed E-state index contributed by atoms with van der Waals surface area (Å²) in [5.74, 6) is -2.26. The zero-order chi connectivity index (χ0) is 28.8. The second-order valence-electron chi connectivity index (χ2n) is 9.70. The molecule has 5 rings (SSSR count). The Morgan fingerprint density at radius 2 is 1.90 bits per heavy atom. The third kappa shape index (κ3) is 5.75. The van der Waals surface area contributed by atoms with Gasteiger partial charge in [0.1, 0.15) is 34.9 Å². The highest BCUT2D eigenvalue weighted by Gasteiger charge is 2.40. The minimum atomic E-state index is -3.80. The highest BCUT2D eigenvalue weighted by Crippen LogP contribution is 2.28. The maximum Gasteiger partial charge on any atom is 0.264 e. The molecule has 40 heavy (non-hydrogen) atoms. The number of amides is 3. The molecule has 3 amide bonds. The number of fused-ring (bicyclic) bond motifs is 1. The number of ketones is 1. The molecular weight excluding hydrogens is 611 g/mol. The van der Waals surface area contributed by atoms with Crippen molar-refractivity contribution in [2.24, 2.45) is 0 Å². The lowest BCUT2D eigenvalue weighted by Crippen LogP contribution is -2.44. The van der Waals surface area contributed by atoms with Gasteiger partial charge < -0.3 is 10.2 Å². The van der Waals surface area contributed by atoms with E-state index in [1.807, 2.05) is 4.72 Å². The standard InChI is InChI=1S/C25H24BrFN6O6S/c1-13(34)23-17-8-5-14(24(36)31-40(38,39)16-6-7-16)9-18(17)33(30-23)12-22(35)32-11-15(27)10-19(32)25(37)29-21-4-2-3-20(26)28-21/h2-5,8-9,15-16,19H,6-7,10-12H2,1H3,(H,31,36)(H,28,29,37)/t15-,19+/m1/s1. The first-order valence-electron chi connectivity index (χ1n) is 12.4. The lowest BCUT2D eigenvalue weighted by molar-refractivity contribution is -0.137. The van der Waals surface area contributed by atoms with Gasteiger partial charge in [0.2, 0.25) is 21.8 Å². The summed E-state index contributed by atoms with van der Waals surface area (Å²) < 4.78 is 42.6. The number of nitrogens with zero attached hydrogens (tertiary/aromatic N) is 4. The first-order valence-corrected chi connectivity index (χ1v) is 14.7. The Bertz CT molecular complexity index is 1660. The molecule has 2 fully saturated rings. The predicted molar refractivity (Wildman–Crippen MR) is 145 cm³/mol. The number of Topliss-reactive ketones (excluding diaryl/α,β-unsaturated/α-hetero) is 1. The van der Waals surface area contributed by atoms with Crippen LogP contribution in [0.25, 0.3) is 10.9 Å². The van der Waals surface area contributed by atoms with Crippen molar-refractivity contribution >= 4 is 66.2 Å². The highest BCUT2D eigenvalue weighted by molar-refractivity contribution is 9.10. The summed E-state index contributed by atoms with van der Waals surface area (Å²) in [7, 11) is -3.80. The van der Waals surface area contributed by atoms with Gasteiger partial charge in [0.25, 0.3) is 5.91 Å². The smallest absolute Gasteiger partial charge is 0.264 e. The molecule has 1 saturated heterocycles. The molecule has 0 bridgehead atoms. The second-order valence-corrected chi connectivity index (χ2v) is 12.5. The van der Waals surface area contributed by atoms with Crippen molar-refractivity contribution in [2.45, 2.75) is 50.2 Å². The summed E-state index contributed by atoms with van der Waals surface area (Å²) in [6, 6.07) is 7.94. The highest BCUT2D eigenvalue weighted by atomic mass is 79.9. The summed E-state index contributed by atoms with van der Waals surface area (Å²) >= 11 is 3.21. The quantitative estimate of drug-likeness (QED) is 0.282. The van der Waals surface area contributed by atoms with Gasteiger partial charge in [-0.25, -0.2) is 22.5 Å². The van der Waals surface area contributed by atoms with Crippen LogP contribution in [0.4, 0.5) is 10.2 Å². The van der Waals surface area contributed by atoms with Crippen LogP contribution >= 0.6 is 15.9 Å². The number of alkyl halides is 1. The Labute approximate surface area is 236 Å². The summed E-state index contributed by atoms with van der Waals surface area (Å²) in [5, 5.41) is 6.58. The fraction of sp³-hybridized carbons (Fsp3) is 0.360. The average molecular weight is 635 g/mol. The van der Waals surface area contributed by atoms with Crippen LogP contribution in [0.5, 0.6) is 0 Å². The van der Waals surface area contributed by atoms with Gasteiger partial charge in [0.15, 0.2) is 5.78 Å². The monoisotopic (exact) mass is 634 g/mol. The van der Waals surface area contributed by atoms with Crippen molar-refractivity contribution in [1.29, 1.82) is 0 Å². The third-order valence-corrected chi connectivity index (χ3v) is 8.93. The number of hydrogen-bond donors (Lipinski definition) is 2. The van der Waals surface area contributed by atoms with Gasteiger partial charge in [-0.2, -0.15) is 5.10 Å². The molecule has 1 aliphatic carbocycles. The van der Waals surface area contributed by atoms with E-state index in [-0.39, 0.29) is 35.6 Å². The average Bonchev–Trinajstić information content (AvgIpc) is 3.60. The Morgan fingerprint density at radius 1 is 1.15 bits per heavy atom. The van der Waals surface area contributed by atoms with Crippen molar-refractivity contribution in [1.82, 2.24) is 24.4 Å². The van der Waals surface area contributed by atoms with Gasteiger partial charge in [-0.15, -0.1) is 0 Å². The minimum Gasteiger partial charge on any atom is -0.326 e. The second kappa shape index (κ2) is 10.7. The van der Waals surface area contributed by atoms with E-state index in [2.05, 4.69) is 31.3 Å². The minimum absolute atomic E-state index is 0.0100. The van der Waals surface area contributed by atoms with E-state index < -0.39 is 57.5 Å². The van der Waals surface area contributed by atoms with Crippen molar-refractivity contribution in [3.8, 4) is 0 Å². The molecule has 2 atom stereocenters. The summed E-state index contributed by atoms with van der Waals surface area (Å²) in [5.41, 5.74) is 0.259. The molecule has 2 N–H and O–H groups in total. The normalized spacial score (nSPS) is 19.0. The molecular formula is C25H24BrFN6O6S. The van der Waals surface area contributed by atoms with Crippen LogP contribution in [0, 0.1) is 0 Å². The lowest BCUT2D eigenvalue weighted by Gasteiger charge is -2.23. The molecule has 1 aliphatic heterocycles. The van der Waals surface area contributed by atoms with Crippen LogP contribution in [-0.2, 0) is 26.2 Å². The maximum atomic E-state index is 14.4. The number of carbonyl (C=O) groups is 4. The molecule has 15 heteroatoms. The van der Waals surface area contributed by atoms with Crippen LogP contribution < -0.4 is 10.0 Å². The van der Waals surface area contributed by atoms with Gasteiger partial charge in [-0.3, -0.25) is 23.9 Å². The number of hydrogen-bond acceptors (Lipinski definition) is 8. The van der Waals surface area contributed by atoms with E-state index >= 15 is 0 Å². The molecule has 0 radical (unpaired) electrons. The molecule has 3 heterocycles. The Hall–Kier alpha value is -3.72. The van der Waals surface area contributed by atoms with E-state index in [0.717, 1.165) is 4.90 Å². The van der Waals surface area contributed by atoms with Gasteiger partial charge >= 0.3 is 0 Å². The molecule has 2 aliphatic rings. The van der Waals surface area contributed by atoms with Crippen molar-refractivity contribution in [3.63, 3.8) is 0 Å². The number of carbonyl (C=O) groups excluding carboxylic acids is 4. The molecule has 210 valence electrons. The number of rotatable bonds is 8. The largest absolute Gasteiger partial charge is 0.326 e.